The van der Waals surface area contributed by atoms with Crippen LogP contribution in [0.15, 0.2) is 16.8 Å². The zero-order chi connectivity index (χ0) is 11.5. The maximum atomic E-state index is 6.31. The van der Waals surface area contributed by atoms with Crippen LogP contribution in [0.5, 0.6) is 0 Å². The van der Waals surface area contributed by atoms with Crippen molar-refractivity contribution in [2.24, 2.45) is 5.73 Å². The van der Waals surface area contributed by atoms with Crippen molar-refractivity contribution in [2.75, 3.05) is 6.54 Å². The zero-order valence-electron chi connectivity index (χ0n) is 10.2. The maximum Gasteiger partial charge on any atom is 0.0510 e. The maximum absolute atomic E-state index is 6.31. The van der Waals surface area contributed by atoms with Gasteiger partial charge in [-0.3, -0.25) is 4.90 Å². The minimum atomic E-state index is 0.259. The van der Waals surface area contributed by atoms with Crippen LogP contribution in [0.1, 0.15) is 44.7 Å². The number of hydrogen-bond donors (Lipinski definition) is 1. The predicted octanol–water partition coefficient (Wildman–Crippen LogP) is 3.01. The molecule has 3 unspecified atom stereocenters. The van der Waals surface area contributed by atoms with Gasteiger partial charge in [0.15, 0.2) is 0 Å². The standard InChI is InChI=1S/C13H22N2S/c1-3-12(14)13(11-6-8-16-9-11)15-7-4-5-10(15)2/h6,8-10,12-13H,3-5,7,14H2,1-2H3. The molecule has 0 saturated carbocycles. The van der Waals surface area contributed by atoms with Gasteiger partial charge in [0.05, 0.1) is 6.04 Å². The zero-order valence-corrected chi connectivity index (χ0v) is 11.0. The van der Waals surface area contributed by atoms with Crippen molar-refractivity contribution in [1.29, 1.82) is 0 Å². The van der Waals surface area contributed by atoms with Crippen molar-refractivity contribution < 1.29 is 0 Å². The summed E-state index contributed by atoms with van der Waals surface area (Å²) in [6.07, 6.45) is 3.68. The van der Waals surface area contributed by atoms with E-state index in [4.69, 9.17) is 5.73 Å². The molecule has 0 aromatic carbocycles. The van der Waals surface area contributed by atoms with Gasteiger partial charge in [0.2, 0.25) is 0 Å². The third kappa shape index (κ3) is 2.31. The van der Waals surface area contributed by atoms with Crippen molar-refractivity contribution in [3.05, 3.63) is 22.4 Å². The normalized spacial score (nSPS) is 25.8. The fourth-order valence-electron chi connectivity index (χ4n) is 2.72. The second-order valence-electron chi connectivity index (χ2n) is 4.80. The summed E-state index contributed by atoms with van der Waals surface area (Å²) in [7, 11) is 0. The van der Waals surface area contributed by atoms with Crippen LogP contribution in [0.3, 0.4) is 0 Å². The average Bonchev–Trinajstić information content (AvgIpc) is 2.92. The van der Waals surface area contributed by atoms with E-state index in [0.717, 1.165) is 6.42 Å². The first-order valence-corrected chi connectivity index (χ1v) is 7.21. The fourth-order valence-corrected chi connectivity index (χ4v) is 3.41. The Bertz CT molecular complexity index is 310. The first kappa shape index (κ1) is 12.1. The summed E-state index contributed by atoms with van der Waals surface area (Å²) >= 11 is 1.77. The van der Waals surface area contributed by atoms with Crippen molar-refractivity contribution in [1.82, 2.24) is 4.90 Å². The Morgan fingerprint density at radius 2 is 2.44 bits per heavy atom. The van der Waals surface area contributed by atoms with Crippen molar-refractivity contribution in [3.63, 3.8) is 0 Å². The molecule has 2 N–H and O–H groups in total. The summed E-state index contributed by atoms with van der Waals surface area (Å²) in [5.41, 5.74) is 7.72. The van der Waals surface area contributed by atoms with E-state index in [1.807, 2.05) is 0 Å². The number of nitrogens with zero attached hydrogens (tertiary/aromatic N) is 1. The summed E-state index contributed by atoms with van der Waals surface area (Å²) in [6, 6.07) is 3.60. The van der Waals surface area contributed by atoms with Crippen molar-refractivity contribution >= 4 is 11.3 Å². The van der Waals surface area contributed by atoms with Crippen LogP contribution >= 0.6 is 11.3 Å². The van der Waals surface area contributed by atoms with Crippen LogP contribution < -0.4 is 5.73 Å². The average molecular weight is 238 g/mol. The largest absolute Gasteiger partial charge is 0.326 e. The van der Waals surface area contributed by atoms with E-state index < -0.39 is 0 Å². The molecule has 1 aliphatic heterocycles. The van der Waals surface area contributed by atoms with Gasteiger partial charge in [0.1, 0.15) is 0 Å². The molecule has 0 radical (unpaired) electrons. The van der Waals surface area contributed by atoms with Gasteiger partial charge in [-0.25, -0.2) is 0 Å². The highest BCUT2D eigenvalue weighted by Gasteiger charge is 2.32. The number of thiophene rings is 1. The van der Waals surface area contributed by atoms with Crippen LogP contribution in [-0.2, 0) is 0 Å². The van der Waals surface area contributed by atoms with Gasteiger partial charge in [0.25, 0.3) is 0 Å². The van der Waals surface area contributed by atoms with Crippen molar-refractivity contribution in [2.45, 2.75) is 51.2 Å². The molecule has 2 rings (SSSR count). The first-order valence-electron chi connectivity index (χ1n) is 6.27. The Labute approximate surface area is 102 Å². The van der Waals surface area contributed by atoms with E-state index in [1.165, 1.54) is 24.9 Å². The Balaban J connectivity index is 2.21. The van der Waals surface area contributed by atoms with Crippen LogP contribution in [0, 0.1) is 0 Å². The molecular weight excluding hydrogens is 216 g/mol. The highest BCUT2D eigenvalue weighted by atomic mass is 32.1. The lowest BCUT2D eigenvalue weighted by atomic mass is 9.98. The third-order valence-corrected chi connectivity index (χ3v) is 4.42. The van der Waals surface area contributed by atoms with Gasteiger partial charge in [-0.2, -0.15) is 11.3 Å². The van der Waals surface area contributed by atoms with Gasteiger partial charge in [-0.05, 0) is 55.1 Å². The van der Waals surface area contributed by atoms with Crippen molar-refractivity contribution in [3.8, 4) is 0 Å². The van der Waals surface area contributed by atoms with Crippen LogP contribution in [-0.4, -0.2) is 23.5 Å². The first-order chi connectivity index (χ1) is 7.74. The van der Waals surface area contributed by atoms with E-state index in [-0.39, 0.29) is 6.04 Å². The van der Waals surface area contributed by atoms with E-state index >= 15 is 0 Å². The number of nitrogens with two attached hydrogens (primary N) is 1. The molecule has 1 aliphatic rings. The van der Waals surface area contributed by atoms with Gasteiger partial charge in [-0.1, -0.05) is 6.92 Å². The molecule has 3 atom stereocenters. The third-order valence-electron chi connectivity index (χ3n) is 3.72. The highest BCUT2D eigenvalue weighted by molar-refractivity contribution is 7.07. The van der Waals surface area contributed by atoms with E-state index in [1.54, 1.807) is 11.3 Å². The number of hydrogen-bond acceptors (Lipinski definition) is 3. The molecule has 0 bridgehead atoms. The lowest BCUT2D eigenvalue weighted by molar-refractivity contribution is 0.163. The summed E-state index contributed by atoms with van der Waals surface area (Å²) in [5, 5.41) is 4.41. The predicted molar refractivity (Wildman–Crippen MR) is 70.7 cm³/mol. The molecule has 3 heteroatoms. The summed E-state index contributed by atoms with van der Waals surface area (Å²) in [6.45, 7) is 5.72. The van der Waals surface area contributed by atoms with E-state index in [9.17, 15) is 0 Å². The Morgan fingerprint density at radius 3 is 2.94 bits per heavy atom. The Kier molecular flexibility index (Phi) is 4.00. The molecular formula is C13H22N2S. The van der Waals surface area contributed by atoms with Gasteiger partial charge < -0.3 is 5.73 Å². The molecule has 2 heterocycles. The molecule has 2 nitrogen and oxygen atoms in total. The smallest absolute Gasteiger partial charge is 0.0510 e. The molecule has 0 spiro atoms. The molecule has 1 saturated heterocycles. The minimum Gasteiger partial charge on any atom is -0.326 e. The lowest BCUT2D eigenvalue weighted by Crippen LogP contribution is -2.42. The molecule has 1 fully saturated rings. The number of likely N-dealkylation sites (tertiary alicyclic amines) is 1. The number of rotatable bonds is 4. The monoisotopic (exact) mass is 238 g/mol. The SMILES string of the molecule is CCC(N)C(c1ccsc1)N1CCCC1C. The van der Waals surface area contributed by atoms with Crippen LogP contribution in [0.4, 0.5) is 0 Å². The molecule has 1 aromatic rings. The second-order valence-corrected chi connectivity index (χ2v) is 5.58. The van der Waals surface area contributed by atoms with E-state index in [0.29, 0.717) is 12.1 Å². The summed E-state index contributed by atoms with van der Waals surface area (Å²) in [4.78, 5) is 2.59. The van der Waals surface area contributed by atoms with Gasteiger partial charge >= 0.3 is 0 Å². The Morgan fingerprint density at radius 1 is 1.62 bits per heavy atom. The lowest BCUT2D eigenvalue weighted by Gasteiger charge is -2.35. The Hall–Kier alpha value is -0.380. The van der Waals surface area contributed by atoms with Crippen LogP contribution in [0.25, 0.3) is 0 Å². The van der Waals surface area contributed by atoms with Crippen LogP contribution in [0.2, 0.25) is 0 Å². The molecule has 16 heavy (non-hydrogen) atoms. The van der Waals surface area contributed by atoms with Gasteiger partial charge in [-0.15, -0.1) is 0 Å². The van der Waals surface area contributed by atoms with E-state index in [2.05, 4.69) is 35.6 Å². The fraction of sp³-hybridized carbons (Fsp3) is 0.692. The highest BCUT2D eigenvalue weighted by Crippen LogP contribution is 2.32. The summed E-state index contributed by atoms with van der Waals surface area (Å²) in [5.74, 6) is 0. The summed E-state index contributed by atoms with van der Waals surface area (Å²) < 4.78 is 0. The minimum absolute atomic E-state index is 0.259. The molecule has 0 aliphatic carbocycles. The topological polar surface area (TPSA) is 29.3 Å². The van der Waals surface area contributed by atoms with Gasteiger partial charge in [0, 0.05) is 12.1 Å². The second kappa shape index (κ2) is 5.30. The quantitative estimate of drug-likeness (QED) is 0.873. The molecule has 90 valence electrons. The molecule has 1 aromatic heterocycles. The molecule has 0 amide bonds.